The predicted octanol–water partition coefficient (Wildman–Crippen LogP) is 2.85. The van der Waals surface area contributed by atoms with Crippen LogP contribution in [0, 0.1) is 0 Å². The Labute approximate surface area is 170 Å². The highest BCUT2D eigenvalue weighted by atomic mass is 16.5. The highest BCUT2D eigenvalue weighted by Crippen LogP contribution is 2.23. The average molecular weight is 394 g/mol. The molecule has 2 aromatic carbocycles. The molecule has 0 saturated heterocycles. The van der Waals surface area contributed by atoms with Gasteiger partial charge in [0.15, 0.2) is 5.82 Å². The maximum atomic E-state index is 9.87. The highest BCUT2D eigenvalue weighted by Gasteiger charge is 2.08. The van der Waals surface area contributed by atoms with Crippen molar-refractivity contribution in [3.8, 4) is 5.75 Å². The molecule has 152 valence electrons. The number of aliphatic hydroxyl groups is 1. The summed E-state index contributed by atoms with van der Waals surface area (Å²) in [5.74, 6) is 1.63. The summed E-state index contributed by atoms with van der Waals surface area (Å²) < 4.78 is 5.61. The summed E-state index contributed by atoms with van der Waals surface area (Å²) in [6.07, 6.45) is 1.02. The summed E-state index contributed by atoms with van der Waals surface area (Å²) in [5, 5.41) is 16.2. The second-order valence-corrected chi connectivity index (χ2v) is 6.87. The minimum absolute atomic E-state index is 0.237. The van der Waals surface area contributed by atoms with Crippen LogP contribution >= 0.6 is 0 Å². The summed E-state index contributed by atoms with van der Waals surface area (Å²) in [6, 6.07) is 17.0. The number of hydrogen-bond acceptors (Lipinski definition) is 8. The van der Waals surface area contributed by atoms with E-state index in [1.807, 2.05) is 73.6 Å². The largest absolute Gasteiger partial charge is 0.491 e. The molecule has 1 unspecified atom stereocenters. The van der Waals surface area contributed by atoms with E-state index >= 15 is 0 Å². The van der Waals surface area contributed by atoms with Gasteiger partial charge in [-0.2, -0.15) is 4.98 Å². The van der Waals surface area contributed by atoms with E-state index in [2.05, 4.69) is 20.6 Å². The lowest BCUT2D eigenvalue weighted by molar-refractivity contribution is 0.0831. The standard InChI is InChI=1S/C21H26N6O2/c1-27(2)13-17(28)14-29-18-10-8-16(9-11-18)25-21-23-12-19(22)20(26-21)24-15-6-4-3-5-7-15/h3-12,17,28H,13-14,22H2,1-2H3,(H2,23,24,25,26). The van der Waals surface area contributed by atoms with Gasteiger partial charge in [0.2, 0.25) is 5.95 Å². The molecule has 0 spiro atoms. The van der Waals surface area contributed by atoms with Crippen LogP contribution in [0.25, 0.3) is 0 Å². The topological polar surface area (TPSA) is 109 Å². The Morgan fingerprint density at radius 1 is 1.03 bits per heavy atom. The number of nitrogens with one attached hydrogen (secondary N) is 2. The molecule has 29 heavy (non-hydrogen) atoms. The monoisotopic (exact) mass is 394 g/mol. The van der Waals surface area contributed by atoms with Gasteiger partial charge in [-0.05, 0) is 50.5 Å². The van der Waals surface area contributed by atoms with Crippen molar-refractivity contribution < 1.29 is 9.84 Å². The van der Waals surface area contributed by atoms with Gasteiger partial charge in [-0.1, -0.05) is 18.2 Å². The Kier molecular flexibility index (Phi) is 6.83. The first-order valence-electron chi connectivity index (χ1n) is 9.27. The van der Waals surface area contributed by atoms with E-state index in [9.17, 15) is 5.11 Å². The van der Waals surface area contributed by atoms with E-state index in [1.165, 1.54) is 0 Å². The SMILES string of the molecule is CN(C)CC(O)COc1ccc(Nc2ncc(N)c(Nc3ccccc3)n2)cc1. The number of likely N-dealkylation sites (N-methyl/N-ethyl adjacent to an activating group) is 1. The molecule has 0 fully saturated rings. The maximum absolute atomic E-state index is 9.87. The molecular formula is C21H26N6O2. The number of ether oxygens (including phenoxy) is 1. The van der Waals surface area contributed by atoms with Gasteiger partial charge in [-0.15, -0.1) is 0 Å². The number of para-hydroxylation sites is 1. The minimum Gasteiger partial charge on any atom is -0.491 e. The van der Waals surface area contributed by atoms with Crippen molar-refractivity contribution in [3.63, 3.8) is 0 Å². The Morgan fingerprint density at radius 3 is 2.41 bits per heavy atom. The third-order valence-electron chi connectivity index (χ3n) is 3.98. The third kappa shape index (κ3) is 6.34. The van der Waals surface area contributed by atoms with Gasteiger partial charge >= 0.3 is 0 Å². The van der Waals surface area contributed by atoms with Crippen LogP contribution in [0.4, 0.5) is 28.8 Å². The normalized spacial score (nSPS) is 11.9. The van der Waals surface area contributed by atoms with E-state index in [4.69, 9.17) is 10.5 Å². The van der Waals surface area contributed by atoms with Crippen molar-refractivity contribution in [2.75, 3.05) is 43.6 Å². The zero-order valence-electron chi connectivity index (χ0n) is 16.5. The molecule has 1 aromatic heterocycles. The highest BCUT2D eigenvalue weighted by molar-refractivity contribution is 5.69. The Hall–Kier alpha value is -3.36. The number of aromatic nitrogens is 2. The van der Waals surface area contributed by atoms with Crippen LogP contribution < -0.4 is 21.1 Å². The molecular weight excluding hydrogens is 368 g/mol. The van der Waals surface area contributed by atoms with Crippen LogP contribution in [0.2, 0.25) is 0 Å². The van der Waals surface area contributed by atoms with Gasteiger partial charge in [-0.3, -0.25) is 0 Å². The molecule has 0 radical (unpaired) electrons. The summed E-state index contributed by atoms with van der Waals surface area (Å²) in [4.78, 5) is 10.6. The quantitative estimate of drug-likeness (QED) is 0.439. The van der Waals surface area contributed by atoms with E-state index in [-0.39, 0.29) is 6.61 Å². The predicted molar refractivity (Wildman–Crippen MR) is 116 cm³/mol. The number of hydrogen-bond donors (Lipinski definition) is 4. The molecule has 3 aromatic rings. The molecule has 0 aliphatic carbocycles. The van der Waals surface area contributed by atoms with Gasteiger partial charge in [0.25, 0.3) is 0 Å². The van der Waals surface area contributed by atoms with Crippen molar-refractivity contribution in [1.82, 2.24) is 14.9 Å². The van der Waals surface area contributed by atoms with Crippen molar-refractivity contribution in [3.05, 3.63) is 60.8 Å². The van der Waals surface area contributed by atoms with Gasteiger partial charge in [0, 0.05) is 17.9 Å². The summed E-state index contributed by atoms with van der Waals surface area (Å²) in [5.41, 5.74) is 8.14. The van der Waals surface area contributed by atoms with Crippen molar-refractivity contribution >= 4 is 28.8 Å². The molecule has 0 aliphatic heterocycles. The van der Waals surface area contributed by atoms with Crippen molar-refractivity contribution in [2.45, 2.75) is 6.10 Å². The zero-order chi connectivity index (χ0) is 20.6. The molecule has 0 bridgehead atoms. The summed E-state index contributed by atoms with van der Waals surface area (Å²) in [7, 11) is 3.81. The van der Waals surface area contributed by atoms with Gasteiger partial charge < -0.3 is 31.1 Å². The Balaban J connectivity index is 1.60. The number of aliphatic hydroxyl groups excluding tert-OH is 1. The number of nitrogens with two attached hydrogens (primary N) is 1. The van der Waals surface area contributed by atoms with E-state index in [1.54, 1.807) is 6.20 Å². The van der Waals surface area contributed by atoms with Crippen LogP contribution in [-0.2, 0) is 0 Å². The van der Waals surface area contributed by atoms with Crippen LogP contribution in [-0.4, -0.2) is 53.3 Å². The maximum Gasteiger partial charge on any atom is 0.229 e. The number of benzene rings is 2. The zero-order valence-corrected chi connectivity index (χ0v) is 16.5. The lowest BCUT2D eigenvalue weighted by Gasteiger charge is -2.16. The molecule has 0 amide bonds. The molecule has 1 heterocycles. The molecule has 8 heteroatoms. The van der Waals surface area contributed by atoms with Crippen LogP contribution in [0.5, 0.6) is 5.75 Å². The summed E-state index contributed by atoms with van der Waals surface area (Å²) in [6.45, 7) is 0.786. The number of anilines is 5. The van der Waals surface area contributed by atoms with E-state index in [0.717, 1.165) is 11.4 Å². The van der Waals surface area contributed by atoms with Gasteiger partial charge in [-0.25, -0.2) is 4.98 Å². The third-order valence-corrected chi connectivity index (χ3v) is 3.98. The first kappa shape index (κ1) is 20.4. The van der Waals surface area contributed by atoms with Crippen molar-refractivity contribution in [1.29, 1.82) is 0 Å². The summed E-state index contributed by atoms with van der Waals surface area (Å²) >= 11 is 0. The van der Waals surface area contributed by atoms with E-state index in [0.29, 0.717) is 29.7 Å². The second-order valence-electron chi connectivity index (χ2n) is 6.87. The number of nitrogen functional groups attached to an aromatic ring is 1. The Bertz CT molecular complexity index is 903. The van der Waals surface area contributed by atoms with Crippen LogP contribution in [0.3, 0.4) is 0 Å². The fraction of sp³-hybridized carbons (Fsp3) is 0.238. The van der Waals surface area contributed by atoms with Crippen LogP contribution in [0.15, 0.2) is 60.8 Å². The lowest BCUT2D eigenvalue weighted by Crippen LogP contribution is -2.30. The fourth-order valence-electron chi connectivity index (χ4n) is 2.64. The number of rotatable bonds is 9. The smallest absolute Gasteiger partial charge is 0.229 e. The van der Waals surface area contributed by atoms with Gasteiger partial charge in [0.1, 0.15) is 18.5 Å². The number of nitrogens with zero attached hydrogens (tertiary/aromatic N) is 3. The molecule has 1 atom stereocenters. The first-order valence-corrected chi connectivity index (χ1v) is 9.27. The first-order chi connectivity index (χ1) is 14.0. The molecule has 3 rings (SSSR count). The molecule has 0 aliphatic rings. The molecule has 0 saturated carbocycles. The van der Waals surface area contributed by atoms with E-state index < -0.39 is 6.10 Å². The minimum atomic E-state index is -0.540. The van der Waals surface area contributed by atoms with Gasteiger partial charge in [0.05, 0.1) is 11.9 Å². The second kappa shape index (κ2) is 9.72. The molecule has 5 N–H and O–H groups in total. The fourth-order valence-corrected chi connectivity index (χ4v) is 2.64. The Morgan fingerprint density at radius 2 is 1.72 bits per heavy atom. The average Bonchev–Trinajstić information content (AvgIpc) is 2.70. The van der Waals surface area contributed by atoms with Crippen molar-refractivity contribution in [2.24, 2.45) is 0 Å². The lowest BCUT2D eigenvalue weighted by atomic mass is 10.3. The van der Waals surface area contributed by atoms with Crippen LogP contribution in [0.1, 0.15) is 0 Å². The molecule has 8 nitrogen and oxygen atoms in total.